The number of benzene rings is 1. The van der Waals surface area contributed by atoms with Crippen LogP contribution in [0.2, 0.25) is 5.02 Å². The van der Waals surface area contributed by atoms with E-state index in [4.69, 9.17) is 16.7 Å². The standard InChI is InChI=1S/C18H28ClN3O3/c1-5-22(6-2)16(14-9-7-8-10-15(14)19)11-20-18(25)21(4)12-13(3)17(23)24/h7-10,13,16H,5-6,11-12H2,1-4H3,(H,20,25)(H,23,24). The lowest BCUT2D eigenvalue weighted by Crippen LogP contribution is -2.44. The Morgan fingerprint density at radius 2 is 1.84 bits per heavy atom. The van der Waals surface area contributed by atoms with Crippen molar-refractivity contribution in [1.82, 2.24) is 15.1 Å². The van der Waals surface area contributed by atoms with Gasteiger partial charge in [0.05, 0.1) is 12.0 Å². The fraction of sp³-hybridized carbons (Fsp3) is 0.556. The Labute approximate surface area is 154 Å². The predicted molar refractivity (Wildman–Crippen MR) is 99.9 cm³/mol. The first-order valence-electron chi connectivity index (χ1n) is 8.51. The van der Waals surface area contributed by atoms with E-state index in [-0.39, 0.29) is 18.6 Å². The molecule has 0 aliphatic carbocycles. The van der Waals surface area contributed by atoms with Crippen molar-refractivity contribution in [3.63, 3.8) is 0 Å². The minimum Gasteiger partial charge on any atom is -0.481 e. The summed E-state index contributed by atoms with van der Waals surface area (Å²) < 4.78 is 0. The second-order valence-corrected chi connectivity index (χ2v) is 6.47. The van der Waals surface area contributed by atoms with Gasteiger partial charge in [0.25, 0.3) is 0 Å². The molecule has 0 aliphatic heterocycles. The molecule has 2 N–H and O–H groups in total. The summed E-state index contributed by atoms with van der Waals surface area (Å²) in [5.41, 5.74) is 0.967. The molecule has 2 amide bonds. The number of carboxylic acid groups (broad SMARTS) is 1. The minimum atomic E-state index is -0.920. The van der Waals surface area contributed by atoms with Gasteiger partial charge < -0.3 is 15.3 Å². The average Bonchev–Trinajstić information content (AvgIpc) is 2.58. The number of amides is 2. The van der Waals surface area contributed by atoms with Crippen molar-refractivity contribution in [3.8, 4) is 0 Å². The number of rotatable bonds is 9. The van der Waals surface area contributed by atoms with Crippen LogP contribution < -0.4 is 5.32 Å². The summed E-state index contributed by atoms with van der Waals surface area (Å²) in [4.78, 5) is 26.8. The maximum absolute atomic E-state index is 12.3. The van der Waals surface area contributed by atoms with Gasteiger partial charge in [-0.3, -0.25) is 9.69 Å². The Morgan fingerprint density at radius 3 is 2.36 bits per heavy atom. The van der Waals surface area contributed by atoms with Crippen LogP contribution in [0, 0.1) is 5.92 Å². The van der Waals surface area contributed by atoms with Gasteiger partial charge in [-0.15, -0.1) is 0 Å². The van der Waals surface area contributed by atoms with Gasteiger partial charge in [-0.25, -0.2) is 4.79 Å². The molecule has 0 heterocycles. The molecule has 0 aromatic heterocycles. The van der Waals surface area contributed by atoms with Crippen LogP contribution in [0.5, 0.6) is 0 Å². The van der Waals surface area contributed by atoms with E-state index in [1.165, 1.54) is 4.90 Å². The number of hydrogen-bond donors (Lipinski definition) is 2. The first-order valence-corrected chi connectivity index (χ1v) is 8.89. The zero-order valence-electron chi connectivity index (χ0n) is 15.3. The van der Waals surface area contributed by atoms with Gasteiger partial charge >= 0.3 is 12.0 Å². The summed E-state index contributed by atoms with van der Waals surface area (Å²) in [6.45, 7) is 7.92. The van der Waals surface area contributed by atoms with Crippen molar-refractivity contribution in [3.05, 3.63) is 34.9 Å². The Morgan fingerprint density at radius 1 is 1.24 bits per heavy atom. The summed E-state index contributed by atoms with van der Waals surface area (Å²) in [6, 6.07) is 7.28. The number of halogens is 1. The molecule has 0 bridgehead atoms. The quantitative estimate of drug-likeness (QED) is 0.701. The molecule has 1 rings (SSSR count). The first kappa shape index (κ1) is 21.3. The molecule has 0 radical (unpaired) electrons. The van der Waals surface area contributed by atoms with Crippen molar-refractivity contribution in [2.24, 2.45) is 5.92 Å². The molecule has 0 saturated carbocycles. The highest BCUT2D eigenvalue weighted by atomic mass is 35.5. The number of carbonyl (C=O) groups is 2. The van der Waals surface area contributed by atoms with Crippen LogP contribution in [0.15, 0.2) is 24.3 Å². The monoisotopic (exact) mass is 369 g/mol. The summed E-state index contributed by atoms with van der Waals surface area (Å²) in [7, 11) is 1.59. The Hall–Kier alpha value is -1.79. The summed E-state index contributed by atoms with van der Waals surface area (Å²) in [6.07, 6.45) is 0. The lowest BCUT2D eigenvalue weighted by atomic mass is 10.0. The number of carboxylic acids is 1. The average molecular weight is 370 g/mol. The van der Waals surface area contributed by atoms with Crippen LogP contribution >= 0.6 is 11.6 Å². The van der Waals surface area contributed by atoms with Gasteiger partial charge in [0, 0.05) is 25.2 Å². The Balaban J connectivity index is 2.81. The van der Waals surface area contributed by atoms with E-state index < -0.39 is 11.9 Å². The van der Waals surface area contributed by atoms with E-state index in [1.807, 2.05) is 24.3 Å². The third-order valence-corrected chi connectivity index (χ3v) is 4.62. The molecule has 2 atom stereocenters. The maximum Gasteiger partial charge on any atom is 0.317 e. The first-order chi connectivity index (χ1) is 11.8. The Kier molecular flexibility index (Phi) is 8.72. The van der Waals surface area contributed by atoms with Crippen molar-refractivity contribution in [2.75, 3.05) is 33.2 Å². The normalized spacial score (nSPS) is 13.4. The number of hydrogen-bond acceptors (Lipinski definition) is 3. The topological polar surface area (TPSA) is 72.9 Å². The van der Waals surface area contributed by atoms with Crippen LogP contribution in [0.4, 0.5) is 4.79 Å². The third kappa shape index (κ3) is 6.21. The molecule has 140 valence electrons. The van der Waals surface area contributed by atoms with Crippen LogP contribution in [-0.4, -0.2) is 60.1 Å². The highest BCUT2D eigenvalue weighted by Gasteiger charge is 2.23. The molecule has 0 saturated heterocycles. The molecule has 25 heavy (non-hydrogen) atoms. The summed E-state index contributed by atoms with van der Waals surface area (Å²) in [5, 5.41) is 12.5. The summed E-state index contributed by atoms with van der Waals surface area (Å²) >= 11 is 6.34. The molecule has 2 unspecified atom stereocenters. The van der Waals surface area contributed by atoms with Crippen LogP contribution in [0.25, 0.3) is 0 Å². The van der Waals surface area contributed by atoms with E-state index in [9.17, 15) is 9.59 Å². The highest BCUT2D eigenvalue weighted by molar-refractivity contribution is 6.31. The molecule has 1 aromatic carbocycles. The van der Waals surface area contributed by atoms with E-state index in [1.54, 1.807) is 14.0 Å². The molecule has 1 aromatic rings. The van der Waals surface area contributed by atoms with Crippen molar-refractivity contribution < 1.29 is 14.7 Å². The molecular weight excluding hydrogens is 342 g/mol. The van der Waals surface area contributed by atoms with Crippen molar-refractivity contribution in [1.29, 1.82) is 0 Å². The number of nitrogens with zero attached hydrogens (tertiary/aromatic N) is 2. The van der Waals surface area contributed by atoms with Crippen molar-refractivity contribution in [2.45, 2.75) is 26.8 Å². The zero-order chi connectivity index (χ0) is 19.0. The predicted octanol–water partition coefficient (Wildman–Crippen LogP) is 3.09. The van der Waals surface area contributed by atoms with E-state index in [0.29, 0.717) is 11.6 Å². The van der Waals surface area contributed by atoms with Crippen LogP contribution in [-0.2, 0) is 4.79 Å². The molecule has 0 aliphatic rings. The van der Waals surface area contributed by atoms with Gasteiger partial charge in [-0.05, 0) is 24.7 Å². The zero-order valence-corrected chi connectivity index (χ0v) is 16.1. The second-order valence-electron chi connectivity index (χ2n) is 6.06. The lowest BCUT2D eigenvalue weighted by Gasteiger charge is -2.31. The van der Waals surface area contributed by atoms with E-state index in [0.717, 1.165) is 18.7 Å². The molecular formula is C18H28ClN3O3. The van der Waals surface area contributed by atoms with Gasteiger partial charge in [0.2, 0.25) is 0 Å². The number of likely N-dealkylation sites (N-methyl/N-ethyl adjacent to an activating group) is 1. The highest BCUT2D eigenvalue weighted by Crippen LogP contribution is 2.27. The number of nitrogens with one attached hydrogen (secondary N) is 1. The lowest BCUT2D eigenvalue weighted by molar-refractivity contribution is -0.141. The molecule has 6 nitrogen and oxygen atoms in total. The van der Waals surface area contributed by atoms with Gasteiger partial charge in [-0.1, -0.05) is 50.6 Å². The van der Waals surface area contributed by atoms with Gasteiger partial charge in [0.15, 0.2) is 0 Å². The minimum absolute atomic E-state index is 0.0436. The molecule has 7 heteroatoms. The van der Waals surface area contributed by atoms with Crippen LogP contribution in [0.3, 0.4) is 0 Å². The second kappa shape index (κ2) is 10.3. The SMILES string of the molecule is CCN(CC)C(CNC(=O)N(C)CC(C)C(=O)O)c1ccccc1Cl. The molecule has 0 fully saturated rings. The van der Waals surface area contributed by atoms with Gasteiger partial charge in [-0.2, -0.15) is 0 Å². The smallest absolute Gasteiger partial charge is 0.317 e. The fourth-order valence-corrected chi connectivity index (χ4v) is 3.00. The van der Waals surface area contributed by atoms with Crippen molar-refractivity contribution >= 4 is 23.6 Å². The number of aliphatic carboxylic acids is 1. The molecule has 0 spiro atoms. The fourth-order valence-electron chi connectivity index (χ4n) is 2.74. The number of urea groups is 1. The van der Waals surface area contributed by atoms with Gasteiger partial charge in [0.1, 0.15) is 0 Å². The largest absolute Gasteiger partial charge is 0.481 e. The third-order valence-electron chi connectivity index (χ3n) is 4.28. The van der Waals surface area contributed by atoms with Crippen LogP contribution in [0.1, 0.15) is 32.4 Å². The van der Waals surface area contributed by atoms with E-state index >= 15 is 0 Å². The van der Waals surface area contributed by atoms with E-state index in [2.05, 4.69) is 24.1 Å². The maximum atomic E-state index is 12.3. The Bertz CT molecular complexity index is 578. The number of carbonyl (C=O) groups excluding carboxylic acids is 1. The summed E-state index contributed by atoms with van der Waals surface area (Å²) in [5.74, 6) is -1.53.